The largest absolute Gasteiger partial charge is 0.508 e. The third-order valence-electron chi connectivity index (χ3n) is 2.52. The topological polar surface area (TPSA) is 32.6 Å². The predicted molar refractivity (Wildman–Crippen MR) is 58.7 cm³/mol. The van der Waals surface area contributed by atoms with Crippen molar-refractivity contribution >= 4 is 12.3 Å². The zero-order valence-corrected chi connectivity index (χ0v) is 8.14. The van der Waals surface area contributed by atoms with Crippen molar-refractivity contribution in [1.29, 1.82) is 0 Å². The average Bonchev–Trinajstić information content (AvgIpc) is 2.38. The molecule has 0 aromatic heterocycles. The van der Waals surface area contributed by atoms with Crippen LogP contribution in [0.4, 0.5) is 0 Å². The highest BCUT2D eigenvalue weighted by Gasteiger charge is 2.12. The van der Waals surface area contributed by atoms with Crippen molar-refractivity contribution < 1.29 is 5.11 Å². The van der Waals surface area contributed by atoms with Crippen molar-refractivity contribution in [3.05, 3.63) is 35.5 Å². The molecule has 1 atom stereocenters. The van der Waals surface area contributed by atoms with E-state index in [1.165, 1.54) is 5.56 Å². The van der Waals surface area contributed by atoms with Gasteiger partial charge < -0.3 is 5.11 Å². The van der Waals surface area contributed by atoms with E-state index in [1.54, 1.807) is 18.3 Å². The monoisotopic (exact) mass is 187 g/mol. The second-order valence-corrected chi connectivity index (χ2v) is 3.44. The van der Waals surface area contributed by atoms with Crippen LogP contribution in [0.1, 0.15) is 30.4 Å². The normalized spacial score (nSPS) is 19.1. The Bertz CT molecular complexity index is 393. The third kappa shape index (κ3) is 1.55. The Hall–Kier alpha value is -1.57. The molecule has 0 bridgehead atoms. The van der Waals surface area contributed by atoms with Gasteiger partial charge in [0, 0.05) is 18.3 Å². The number of phenolic OH excluding ortho intramolecular Hbond substituents is 1. The van der Waals surface area contributed by atoms with Gasteiger partial charge in [-0.2, -0.15) is 0 Å². The van der Waals surface area contributed by atoms with Gasteiger partial charge in [0.05, 0.1) is 0 Å². The highest BCUT2D eigenvalue weighted by atomic mass is 16.3. The molecule has 0 amide bonds. The van der Waals surface area contributed by atoms with E-state index < -0.39 is 0 Å². The molecule has 0 saturated heterocycles. The van der Waals surface area contributed by atoms with Crippen LogP contribution in [0.3, 0.4) is 0 Å². The van der Waals surface area contributed by atoms with Gasteiger partial charge in [0.25, 0.3) is 0 Å². The van der Waals surface area contributed by atoms with Crippen molar-refractivity contribution in [3.8, 4) is 5.75 Å². The minimum Gasteiger partial charge on any atom is -0.508 e. The second kappa shape index (κ2) is 3.66. The third-order valence-corrected chi connectivity index (χ3v) is 2.52. The number of phenols is 1. The van der Waals surface area contributed by atoms with Crippen LogP contribution in [0.5, 0.6) is 5.75 Å². The molecule has 0 aliphatic carbocycles. The van der Waals surface area contributed by atoms with E-state index in [0.717, 1.165) is 12.0 Å². The van der Waals surface area contributed by atoms with Crippen LogP contribution in [0.25, 0.3) is 6.08 Å². The number of benzene rings is 1. The fourth-order valence-corrected chi connectivity index (χ4v) is 1.73. The van der Waals surface area contributed by atoms with Gasteiger partial charge in [-0.25, -0.2) is 0 Å². The Morgan fingerprint density at radius 1 is 1.43 bits per heavy atom. The Morgan fingerprint density at radius 3 is 3.07 bits per heavy atom. The minimum absolute atomic E-state index is 0.310. The summed E-state index contributed by atoms with van der Waals surface area (Å²) >= 11 is 0. The van der Waals surface area contributed by atoms with Crippen LogP contribution in [-0.4, -0.2) is 11.3 Å². The number of hydrogen-bond donors (Lipinski definition) is 1. The van der Waals surface area contributed by atoms with E-state index in [1.807, 2.05) is 18.4 Å². The summed E-state index contributed by atoms with van der Waals surface area (Å²) in [5.74, 6) is 0.672. The lowest BCUT2D eigenvalue weighted by atomic mass is 9.93. The minimum atomic E-state index is 0.310. The van der Waals surface area contributed by atoms with Gasteiger partial charge in [0.1, 0.15) is 5.75 Å². The van der Waals surface area contributed by atoms with Gasteiger partial charge in [-0.3, -0.25) is 4.99 Å². The first-order valence-corrected chi connectivity index (χ1v) is 4.84. The molecule has 1 aromatic carbocycles. The summed E-state index contributed by atoms with van der Waals surface area (Å²) < 4.78 is 0. The summed E-state index contributed by atoms with van der Waals surface area (Å²) in [5.41, 5.74) is 2.30. The molecule has 14 heavy (non-hydrogen) atoms. The molecule has 0 saturated carbocycles. The number of aliphatic imine (C=N–C) groups is 1. The van der Waals surface area contributed by atoms with E-state index in [-0.39, 0.29) is 0 Å². The van der Waals surface area contributed by atoms with Gasteiger partial charge in [-0.1, -0.05) is 13.0 Å². The first kappa shape index (κ1) is 9.00. The molecule has 1 aliphatic rings. The molecular formula is C12H13NO. The maximum Gasteiger partial charge on any atom is 0.116 e. The molecule has 0 fully saturated rings. The SMILES string of the molecule is CCC1C=NC=Cc2cc(O)ccc21. The molecule has 0 spiro atoms. The van der Waals surface area contributed by atoms with E-state index in [4.69, 9.17) is 0 Å². The first-order valence-electron chi connectivity index (χ1n) is 4.84. The number of rotatable bonds is 1. The molecule has 1 aromatic rings. The quantitative estimate of drug-likeness (QED) is 0.720. The number of aromatic hydroxyl groups is 1. The second-order valence-electron chi connectivity index (χ2n) is 3.44. The molecule has 1 heterocycles. The molecule has 2 nitrogen and oxygen atoms in total. The van der Waals surface area contributed by atoms with Crippen molar-refractivity contribution in [2.24, 2.45) is 4.99 Å². The molecule has 72 valence electrons. The summed E-state index contributed by atoms with van der Waals surface area (Å²) in [7, 11) is 0. The van der Waals surface area contributed by atoms with E-state index >= 15 is 0 Å². The first-order chi connectivity index (χ1) is 6.81. The zero-order valence-electron chi connectivity index (χ0n) is 8.14. The van der Waals surface area contributed by atoms with Gasteiger partial charge >= 0.3 is 0 Å². The van der Waals surface area contributed by atoms with Crippen LogP contribution in [0.2, 0.25) is 0 Å². The Balaban J connectivity index is 2.52. The Morgan fingerprint density at radius 2 is 2.29 bits per heavy atom. The van der Waals surface area contributed by atoms with Gasteiger partial charge in [0.2, 0.25) is 0 Å². The Labute approximate surface area is 83.6 Å². The van der Waals surface area contributed by atoms with Crippen LogP contribution in [0.15, 0.2) is 29.4 Å². The van der Waals surface area contributed by atoms with E-state index in [2.05, 4.69) is 11.9 Å². The number of hydrogen-bond acceptors (Lipinski definition) is 2. The lowest BCUT2D eigenvalue weighted by molar-refractivity contribution is 0.475. The van der Waals surface area contributed by atoms with Crippen molar-refractivity contribution in [3.63, 3.8) is 0 Å². The van der Waals surface area contributed by atoms with Crippen LogP contribution < -0.4 is 0 Å². The van der Waals surface area contributed by atoms with Crippen molar-refractivity contribution in [1.82, 2.24) is 0 Å². The predicted octanol–water partition coefficient (Wildman–Crippen LogP) is 2.94. The van der Waals surface area contributed by atoms with Crippen LogP contribution in [-0.2, 0) is 0 Å². The standard InChI is InChI=1S/C12H13NO/c1-2-9-8-13-6-5-10-7-11(14)3-4-12(9)10/h3-9,14H,2H2,1H3. The fraction of sp³-hybridized carbons (Fsp3) is 0.250. The van der Waals surface area contributed by atoms with Gasteiger partial charge in [0.15, 0.2) is 0 Å². The fourth-order valence-electron chi connectivity index (χ4n) is 1.73. The molecule has 1 aliphatic heterocycles. The van der Waals surface area contributed by atoms with E-state index in [0.29, 0.717) is 11.7 Å². The molecular weight excluding hydrogens is 174 g/mol. The summed E-state index contributed by atoms with van der Waals surface area (Å²) in [4.78, 5) is 4.18. The zero-order chi connectivity index (χ0) is 9.97. The van der Waals surface area contributed by atoms with Crippen molar-refractivity contribution in [2.75, 3.05) is 0 Å². The van der Waals surface area contributed by atoms with Crippen LogP contribution in [0, 0.1) is 0 Å². The summed E-state index contributed by atoms with van der Waals surface area (Å²) in [6.45, 7) is 2.14. The molecule has 1 N–H and O–H groups in total. The lowest BCUT2D eigenvalue weighted by Gasteiger charge is -2.11. The molecule has 2 heteroatoms. The smallest absolute Gasteiger partial charge is 0.116 e. The van der Waals surface area contributed by atoms with Crippen LogP contribution >= 0.6 is 0 Å². The van der Waals surface area contributed by atoms with Gasteiger partial charge in [-0.05, 0) is 35.8 Å². The highest BCUT2D eigenvalue weighted by Crippen LogP contribution is 2.27. The number of nitrogens with zero attached hydrogens (tertiary/aromatic N) is 1. The molecule has 0 radical (unpaired) electrons. The average molecular weight is 187 g/mol. The Kier molecular flexibility index (Phi) is 2.35. The maximum absolute atomic E-state index is 9.36. The highest BCUT2D eigenvalue weighted by molar-refractivity contribution is 5.75. The molecule has 2 rings (SSSR count). The summed E-state index contributed by atoms with van der Waals surface area (Å²) in [6, 6.07) is 5.48. The maximum atomic E-state index is 9.36. The summed E-state index contributed by atoms with van der Waals surface area (Å²) in [5, 5.41) is 9.36. The lowest BCUT2D eigenvalue weighted by Crippen LogP contribution is -1.99. The number of fused-ring (bicyclic) bond motifs is 1. The van der Waals surface area contributed by atoms with Crippen molar-refractivity contribution in [2.45, 2.75) is 19.3 Å². The molecule has 1 unspecified atom stereocenters. The van der Waals surface area contributed by atoms with Gasteiger partial charge in [-0.15, -0.1) is 0 Å². The van der Waals surface area contributed by atoms with E-state index in [9.17, 15) is 5.11 Å². The summed E-state index contributed by atoms with van der Waals surface area (Å²) in [6.07, 6.45) is 6.69.